The van der Waals surface area contributed by atoms with E-state index in [1.165, 1.54) is 5.75 Å². The second-order valence-electron chi connectivity index (χ2n) is 2.98. The van der Waals surface area contributed by atoms with E-state index in [0.29, 0.717) is 11.8 Å². The van der Waals surface area contributed by atoms with E-state index in [0.717, 1.165) is 23.7 Å². The summed E-state index contributed by atoms with van der Waals surface area (Å²) in [6.45, 7) is 0.612. The lowest BCUT2D eigenvalue weighted by atomic mass is 10.4. The second kappa shape index (κ2) is 6.79. The third-order valence-corrected chi connectivity index (χ3v) is 4.61. The molecule has 0 bridgehead atoms. The fourth-order valence-corrected chi connectivity index (χ4v) is 3.69. The topological polar surface area (TPSA) is 66.4 Å². The van der Waals surface area contributed by atoms with Gasteiger partial charge >= 0.3 is 5.97 Å². The van der Waals surface area contributed by atoms with Crippen LogP contribution in [-0.4, -0.2) is 46.0 Å². The average Bonchev–Trinajstić information content (AvgIpc) is 2.25. The molecule has 1 fully saturated rings. The summed E-state index contributed by atoms with van der Waals surface area (Å²) < 4.78 is 0. The number of nitrogens with one attached hydrogen (secondary N) is 1. The van der Waals surface area contributed by atoms with Crippen molar-refractivity contribution in [1.82, 2.24) is 5.32 Å². The van der Waals surface area contributed by atoms with Crippen LogP contribution in [0.1, 0.15) is 0 Å². The van der Waals surface area contributed by atoms with Gasteiger partial charge in [0.25, 0.3) is 0 Å². The Labute approximate surface area is 96.9 Å². The predicted molar refractivity (Wildman–Crippen MR) is 63.4 cm³/mol. The molecule has 1 unspecified atom stereocenters. The van der Waals surface area contributed by atoms with Gasteiger partial charge in [-0.05, 0) is 0 Å². The summed E-state index contributed by atoms with van der Waals surface area (Å²) in [5, 5.41) is 11.4. The normalized spacial score (nSPS) is 21.5. The molecule has 0 aromatic heterocycles. The van der Waals surface area contributed by atoms with Crippen LogP contribution in [0.5, 0.6) is 0 Å². The van der Waals surface area contributed by atoms with Crippen LogP contribution in [-0.2, 0) is 9.59 Å². The fraction of sp³-hybridized carbons (Fsp3) is 0.556. The van der Waals surface area contributed by atoms with Gasteiger partial charge in [0, 0.05) is 41.2 Å². The van der Waals surface area contributed by atoms with Gasteiger partial charge in [-0.2, -0.15) is 23.5 Å². The molecule has 4 nitrogen and oxygen atoms in total. The Morgan fingerprint density at radius 3 is 2.80 bits per heavy atom. The maximum absolute atomic E-state index is 11.1. The average molecular weight is 247 g/mol. The Morgan fingerprint density at radius 1 is 1.40 bits per heavy atom. The summed E-state index contributed by atoms with van der Waals surface area (Å²) in [5.41, 5.74) is 0. The molecule has 1 amide bonds. The molecule has 0 spiro atoms. The number of carboxylic acids is 1. The number of carbonyl (C=O) groups excluding carboxylic acids is 1. The first-order chi connectivity index (χ1) is 7.18. The van der Waals surface area contributed by atoms with Crippen molar-refractivity contribution < 1.29 is 14.7 Å². The van der Waals surface area contributed by atoms with Crippen molar-refractivity contribution in [3.63, 3.8) is 0 Å². The third-order valence-electron chi connectivity index (χ3n) is 1.77. The van der Waals surface area contributed by atoms with E-state index in [4.69, 9.17) is 5.11 Å². The largest absolute Gasteiger partial charge is 0.478 e. The lowest BCUT2D eigenvalue weighted by Gasteiger charge is -2.20. The zero-order valence-electron chi connectivity index (χ0n) is 8.14. The van der Waals surface area contributed by atoms with E-state index in [2.05, 4.69) is 5.32 Å². The number of aliphatic carboxylic acids is 1. The number of amides is 1. The molecule has 6 heteroatoms. The number of carbonyl (C=O) groups is 2. The predicted octanol–water partition coefficient (Wildman–Crippen LogP) is 0.592. The van der Waals surface area contributed by atoms with Crippen molar-refractivity contribution in [2.24, 2.45) is 0 Å². The lowest BCUT2D eigenvalue weighted by molar-refractivity contribution is -0.131. The SMILES string of the molecule is O=C(O)/C=C/C(=O)NCC1CSCCS1. The van der Waals surface area contributed by atoms with E-state index < -0.39 is 5.97 Å². The Bertz CT molecular complexity index is 262. The van der Waals surface area contributed by atoms with Crippen LogP contribution in [0, 0.1) is 0 Å². The van der Waals surface area contributed by atoms with E-state index in [1.807, 2.05) is 23.5 Å². The molecule has 0 aromatic rings. The van der Waals surface area contributed by atoms with Crippen molar-refractivity contribution in [2.75, 3.05) is 23.8 Å². The van der Waals surface area contributed by atoms with Crippen LogP contribution in [0.25, 0.3) is 0 Å². The summed E-state index contributed by atoms with van der Waals surface area (Å²) in [5.74, 6) is 1.90. The molecule has 1 aliphatic heterocycles. The van der Waals surface area contributed by atoms with E-state index in [9.17, 15) is 9.59 Å². The van der Waals surface area contributed by atoms with Gasteiger partial charge in [0.15, 0.2) is 0 Å². The van der Waals surface area contributed by atoms with Crippen LogP contribution in [0.2, 0.25) is 0 Å². The quantitative estimate of drug-likeness (QED) is 0.712. The highest BCUT2D eigenvalue weighted by atomic mass is 32.2. The van der Waals surface area contributed by atoms with E-state index in [-0.39, 0.29) is 5.91 Å². The van der Waals surface area contributed by atoms with Crippen LogP contribution in [0.15, 0.2) is 12.2 Å². The third kappa shape index (κ3) is 5.74. The molecule has 1 atom stereocenters. The van der Waals surface area contributed by atoms with Crippen LogP contribution in [0.3, 0.4) is 0 Å². The van der Waals surface area contributed by atoms with Gasteiger partial charge in [-0.1, -0.05) is 0 Å². The summed E-state index contributed by atoms with van der Waals surface area (Å²) in [6.07, 6.45) is 1.89. The van der Waals surface area contributed by atoms with Gasteiger partial charge in [0.05, 0.1) is 0 Å². The standard InChI is InChI=1S/C9H13NO3S2/c11-8(1-2-9(12)13)10-5-7-6-14-3-4-15-7/h1-2,7H,3-6H2,(H,10,11)(H,12,13)/b2-1+. The molecule has 15 heavy (non-hydrogen) atoms. The van der Waals surface area contributed by atoms with Gasteiger partial charge in [-0.3, -0.25) is 4.79 Å². The van der Waals surface area contributed by atoms with Crippen LogP contribution >= 0.6 is 23.5 Å². The molecule has 1 rings (SSSR count). The summed E-state index contributed by atoms with van der Waals surface area (Å²) >= 11 is 3.74. The summed E-state index contributed by atoms with van der Waals surface area (Å²) in [7, 11) is 0. The van der Waals surface area contributed by atoms with Crippen LogP contribution in [0.4, 0.5) is 0 Å². The van der Waals surface area contributed by atoms with Crippen LogP contribution < -0.4 is 5.32 Å². The highest BCUT2D eigenvalue weighted by Crippen LogP contribution is 2.23. The van der Waals surface area contributed by atoms with Gasteiger partial charge < -0.3 is 10.4 Å². The number of hydrogen-bond donors (Lipinski definition) is 2. The molecule has 2 N–H and O–H groups in total. The first-order valence-corrected chi connectivity index (χ1v) is 6.77. The highest BCUT2D eigenvalue weighted by Gasteiger charge is 2.14. The van der Waals surface area contributed by atoms with Crippen molar-refractivity contribution >= 4 is 35.4 Å². The molecule has 84 valence electrons. The maximum Gasteiger partial charge on any atom is 0.328 e. The molecule has 0 aliphatic carbocycles. The Kier molecular flexibility index (Phi) is 5.63. The summed E-state index contributed by atoms with van der Waals surface area (Å²) in [6, 6.07) is 0. The minimum absolute atomic E-state index is 0.339. The number of thioether (sulfide) groups is 2. The molecule has 1 saturated heterocycles. The molecule has 0 aromatic carbocycles. The molecule has 1 aliphatic rings. The van der Waals surface area contributed by atoms with Gasteiger partial charge in [-0.15, -0.1) is 0 Å². The Hall–Kier alpha value is -0.620. The first kappa shape index (κ1) is 12.4. The maximum atomic E-state index is 11.1. The number of hydrogen-bond acceptors (Lipinski definition) is 4. The summed E-state index contributed by atoms with van der Waals surface area (Å²) in [4.78, 5) is 21.2. The molecular weight excluding hydrogens is 234 g/mol. The molecule has 0 radical (unpaired) electrons. The second-order valence-corrected chi connectivity index (χ2v) is 5.54. The van der Waals surface area contributed by atoms with Gasteiger partial charge in [-0.25, -0.2) is 4.79 Å². The monoisotopic (exact) mass is 247 g/mol. The van der Waals surface area contributed by atoms with E-state index in [1.54, 1.807) is 0 Å². The van der Waals surface area contributed by atoms with E-state index >= 15 is 0 Å². The van der Waals surface area contributed by atoms with Crippen molar-refractivity contribution in [1.29, 1.82) is 0 Å². The van der Waals surface area contributed by atoms with Crippen molar-refractivity contribution in [3.05, 3.63) is 12.2 Å². The Balaban J connectivity index is 2.18. The van der Waals surface area contributed by atoms with Gasteiger partial charge in [0.2, 0.25) is 5.91 Å². The Morgan fingerprint density at radius 2 is 2.20 bits per heavy atom. The number of rotatable bonds is 4. The minimum atomic E-state index is -1.10. The van der Waals surface area contributed by atoms with Gasteiger partial charge in [0.1, 0.15) is 0 Å². The lowest BCUT2D eigenvalue weighted by Crippen LogP contribution is -2.32. The molecule has 0 saturated carbocycles. The fourth-order valence-electron chi connectivity index (χ4n) is 1.07. The smallest absolute Gasteiger partial charge is 0.328 e. The van der Waals surface area contributed by atoms with Crippen molar-refractivity contribution in [2.45, 2.75) is 5.25 Å². The molecule has 1 heterocycles. The highest BCUT2D eigenvalue weighted by molar-refractivity contribution is 8.06. The molecular formula is C9H13NO3S2. The zero-order valence-corrected chi connectivity index (χ0v) is 9.77. The first-order valence-electron chi connectivity index (χ1n) is 4.56. The zero-order chi connectivity index (χ0) is 11.1. The van der Waals surface area contributed by atoms with Crippen molar-refractivity contribution in [3.8, 4) is 0 Å². The minimum Gasteiger partial charge on any atom is -0.478 e. The number of carboxylic acid groups (broad SMARTS) is 1.